The number of hydrogen-bond donors (Lipinski definition) is 2. The number of carbonyl (C=O) groups is 2. The molecule has 29 heavy (non-hydrogen) atoms. The van der Waals surface area contributed by atoms with Gasteiger partial charge in [0.15, 0.2) is 0 Å². The van der Waals surface area contributed by atoms with Gasteiger partial charge in [-0.15, -0.1) is 10.2 Å². The van der Waals surface area contributed by atoms with Crippen molar-refractivity contribution < 1.29 is 9.59 Å². The predicted octanol–water partition coefficient (Wildman–Crippen LogP) is 4.47. The van der Waals surface area contributed by atoms with E-state index < -0.39 is 0 Å². The van der Waals surface area contributed by atoms with E-state index in [2.05, 4.69) is 20.8 Å². The summed E-state index contributed by atoms with van der Waals surface area (Å²) in [6.45, 7) is 2.64. The second kappa shape index (κ2) is 8.40. The molecule has 1 aliphatic rings. The molecule has 1 saturated heterocycles. The van der Waals surface area contributed by atoms with Crippen molar-refractivity contribution in [2.75, 3.05) is 17.2 Å². The number of anilines is 2. The Labute approximate surface area is 172 Å². The van der Waals surface area contributed by atoms with Crippen molar-refractivity contribution in [1.82, 2.24) is 15.1 Å². The van der Waals surface area contributed by atoms with E-state index >= 15 is 0 Å². The molecule has 0 aliphatic carbocycles. The van der Waals surface area contributed by atoms with Crippen LogP contribution in [0, 0.1) is 6.92 Å². The number of hydrogen-bond acceptors (Lipinski definition) is 5. The Hall–Kier alpha value is -3.26. The standard InChI is InChI=1S/C21H21N5O2S/c1-14-9-11-16(12-10-14)22-18(27)20-25-24-19(29-20)17-8-5-13-26(17)21(28)23-15-6-3-2-4-7-15/h2-4,6-7,9-12,17H,5,8,13H2,1H3,(H,22,27)(H,23,28). The largest absolute Gasteiger partial charge is 0.322 e. The zero-order valence-corrected chi connectivity index (χ0v) is 16.8. The molecule has 1 fully saturated rings. The van der Waals surface area contributed by atoms with Crippen molar-refractivity contribution in [3.63, 3.8) is 0 Å². The normalized spacial score (nSPS) is 15.9. The van der Waals surface area contributed by atoms with Crippen LogP contribution in [0.1, 0.15) is 39.3 Å². The van der Waals surface area contributed by atoms with E-state index in [0.717, 1.165) is 24.1 Å². The van der Waals surface area contributed by atoms with Crippen LogP contribution < -0.4 is 10.6 Å². The van der Waals surface area contributed by atoms with Gasteiger partial charge < -0.3 is 15.5 Å². The number of aromatic nitrogens is 2. The van der Waals surface area contributed by atoms with Gasteiger partial charge in [0, 0.05) is 17.9 Å². The third-order valence-corrected chi connectivity index (χ3v) is 5.79. The third-order valence-electron chi connectivity index (χ3n) is 4.77. The topological polar surface area (TPSA) is 87.2 Å². The van der Waals surface area contributed by atoms with Crippen LogP contribution >= 0.6 is 11.3 Å². The van der Waals surface area contributed by atoms with E-state index in [-0.39, 0.29) is 23.0 Å². The molecule has 7 nitrogen and oxygen atoms in total. The van der Waals surface area contributed by atoms with E-state index in [1.165, 1.54) is 11.3 Å². The quantitative estimate of drug-likeness (QED) is 0.668. The van der Waals surface area contributed by atoms with Crippen LogP contribution in [0.5, 0.6) is 0 Å². The molecule has 8 heteroatoms. The molecule has 0 saturated carbocycles. The van der Waals surface area contributed by atoms with E-state index in [0.29, 0.717) is 17.2 Å². The lowest BCUT2D eigenvalue weighted by atomic mass is 10.2. The number of aryl methyl sites for hydroxylation is 1. The van der Waals surface area contributed by atoms with Crippen LogP contribution in [0.15, 0.2) is 54.6 Å². The molecule has 3 amide bonds. The predicted molar refractivity (Wildman–Crippen MR) is 113 cm³/mol. The Morgan fingerprint density at radius 3 is 2.48 bits per heavy atom. The summed E-state index contributed by atoms with van der Waals surface area (Å²) in [7, 11) is 0. The van der Waals surface area contributed by atoms with Crippen molar-refractivity contribution in [2.45, 2.75) is 25.8 Å². The third kappa shape index (κ3) is 4.43. The lowest BCUT2D eigenvalue weighted by Gasteiger charge is -2.23. The fourth-order valence-corrected chi connectivity index (χ4v) is 4.15. The van der Waals surface area contributed by atoms with Crippen molar-refractivity contribution in [3.8, 4) is 0 Å². The van der Waals surface area contributed by atoms with E-state index in [1.807, 2.05) is 61.5 Å². The summed E-state index contributed by atoms with van der Waals surface area (Å²) in [5.74, 6) is -0.295. The maximum absolute atomic E-state index is 12.7. The first-order chi connectivity index (χ1) is 14.1. The van der Waals surface area contributed by atoms with Crippen molar-refractivity contribution in [3.05, 3.63) is 70.2 Å². The van der Waals surface area contributed by atoms with Crippen LogP contribution in [0.25, 0.3) is 0 Å². The summed E-state index contributed by atoms with van der Waals surface area (Å²) in [5.41, 5.74) is 2.58. The maximum Gasteiger partial charge on any atom is 0.322 e. The number of rotatable bonds is 4. The average molecular weight is 407 g/mol. The molecule has 1 aromatic heterocycles. The number of likely N-dealkylation sites (tertiary alicyclic amines) is 1. The van der Waals surface area contributed by atoms with Gasteiger partial charge in [0.25, 0.3) is 5.91 Å². The van der Waals surface area contributed by atoms with Gasteiger partial charge in [0.1, 0.15) is 5.01 Å². The molecule has 0 radical (unpaired) electrons. The molecule has 3 aromatic rings. The van der Waals surface area contributed by atoms with Crippen LogP contribution in [0.3, 0.4) is 0 Å². The van der Waals surface area contributed by atoms with Crippen molar-refractivity contribution in [1.29, 1.82) is 0 Å². The Balaban J connectivity index is 1.44. The first kappa shape index (κ1) is 19.1. The number of nitrogens with zero attached hydrogens (tertiary/aromatic N) is 3. The van der Waals surface area contributed by atoms with Crippen LogP contribution in [-0.2, 0) is 0 Å². The molecule has 2 heterocycles. The molecule has 2 aromatic carbocycles. The fourth-order valence-electron chi connectivity index (χ4n) is 3.27. The smallest absolute Gasteiger partial charge is 0.320 e. The zero-order chi connectivity index (χ0) is 20.2. The number of para-hydroxylation sites is 1. The van der Waals surface area contributed by atoms with Gasteiger partial charge in [-0.25, -0.2) is 4.79 Å². The Bertz CT molecular complexity index is 1000. The van der Waals surface area contributed by atoms with Gasteiger partial charge in [0.05, 0.1) is 6.04 Å². The monoisotopic (exact) mass is 407 g/mol. The Kier molecular flexibility index (Phi) is 5.53. The highest BCUT2D eigenvalue weighted by Gasteiger charge is 2.33. The van der Waals surface area contributed by atoms with E-state index in [9.17, 15) is 9.59 Å². The SMILES string of the molecule is Cc1ccc(NC(=O)c2nnc(C3CCCN3C(=O)Nc3ccccc3)s2)cc1. The minimum atomic E-state index is -0.295. The second-order valence-electron chi connectivity index (χ2n) is 6.91. The highest BCUT2D eigenvalue weighted by atomic mass is 32.1. The summed E-state index contributed by atoms with van der Waals surface area (Å²) in [6.07, 6.45) is 1.69. The molecule has 4 rings (SSSR count). The van der Waals surface area contributed by atoms with E-state index in [4.69, 9.17) is 0 Å². The average Bonchev–Trinajstić information content (AvgIpc) is 3.40. The summed E-state index contributed by atoms with van der Waals surface area (Å²) in [6, 6.07) is 16.6. The molecular weight excluding hydrogens is 386 g/mol. The van der Waals surface area contributed by atoms with Crippen LogP contribution in [0.2, 0.25) is 0 Å². The summed E-state index contributed by atoms with van der Waals surface area (Å²) in [4.78, 5) is 26.9. The summed E-state index contributed by atoms with van der Waals surface area (Å²) >= 11 is 1.23. The first-order valence-electron chi connectivity index (χ1n) is 9.44. The molecule has 1 aliphatic heterocycles. The number of carbonyl (C=O) groups excluding carboxylic acids is 2. The number of amides is 3. The molecule has 2 N–H and O–H groups in total. The van der Waals surface area contributed by atoms with E-state index in [1.54, 1.807) is 4.90 Å². The Morgan fingerprint density at radius 1 is 1.00 bits per heavy atom. The van der Waals surface area contributed by atoms with Crippen molar-refractivity contribution in [2.24, 2.45) is 0 Å². The van der Waals surface area contributed by atoms with Gasteiger partial charge in [-0.3, -0.25) is 4.79 Å². The van der Waals surface area contributed by atoms with Crippen molar-refractivity contribution >= 4 is 34.6 Å². The zero-order valence-electron chi connectivity index (χ0n) is 16.0. The van der Waals surface area contributed by atoms with Gasteiger partial charge in [-0.05, 0) is 44.0 Å². The number of nitrogens with one attached hydrogen (secondary N) is 2. The molecule has 0 bridgehead atoms. The van der Waals surface area contributed by atoms with Gasteiger partial charge in [-0.1, -0.05) is 47.2 Å². The Morgan fingerprint density at radius 2 is 1.72 bits per heavy atom. The summed E-state index contributed by atoms with van der Waals surface area (Å²) < 4.78 is 0. The molecule has 0 spiro atoms. The minimum Gasteiger partial charge on any atom is -0.320 e. The highest BCUT2D eigenvalue weighted by molar-refractivity contribution is 7.13. The number of benzene rings is 2. The van der Waals surface area contributed by atoms with Gasteiger partial charge in [0.2, 0.25) is 5.01 Å². The molecular formula is C21H21N5O2S. The minimum absolute atomic E-state index is 0.167. The highest BCUT2D eigenvalue weighted by Crippen LogP contribution is 2.34. The lowest BCUT2D eigenvalue weighted by molar-refractivity contribution is 0.102. The second-order valence-corrected chi connectivity index (χ2v) is 7.92. The van der Waals surface area contributed by atoms with Crippen LogP contribution in [-0.4, -0.2) is 33.6 Å². The number of urea groups is 1. The first-order valence-corrected chi connectivity index (χ1v) is 10.3. The maximum atomic E-state index is 12.7. The fraction of sp³-hybridized carbons (Fsp3) is 0.238. The molecule has 148 valence electrons. The molecule has 1 unspecified atom stereocenters. The van der Waals surface area contributed by atoms with Crippen LogP contribution in [0.4, 0.5) is 16.2 Å². The summed E-state index contributed by atoms with van der Waals surface area (Å²) in [5, 5.41) is 15.0. The van der Waals surface area contributed by atoms with Gasteiger partial charge in [-0.2, -0.15) is 0 Å². The lowest BCUT2D eigenvalue weighted by Crippen LogP contribution is -2.34. The van der Waals surface area contributed by atoms with Gasteiger partial charge >= 0.3 is 6.03 Å². The molecule has 1 atom stereocenters.